The predicted molar refractivity (Wildman–Crippen MR) is 96.9 cm³/mol. The van der Waals surface area contributed by atoms with Crippen molar-refractivity contribution in [3.05, 3.63) is 53.6 Å². The van der Waals surface area contributed by atoms with E-state index < -0.39 is 12.5 Å². The smallest absolute Gasteiger partial charge is 0.387 e. The van der Waals surface area contributed by atoms with E-state index in [1.54, 1.807) is 24.3 Å². The van der Waals surface area contributed by atoms with E-state index in [-0.39, 0.29) is 17.6 Å². The molecule has 0 aliphatic carbocycles. The van der Waals surface area contributed by atoms with Crippen molar-refractivity contribution in [2.75, 3.05) is 7.11 Å². The van der Waals surface area contributed by atoms with Crippen LogP contribution in [0.2, 0.25) is 0 Å². The molecule has 0 spiro atoms. The monoisotopic (exact) mass is 378 g/mol. The van der Waals surface area contributed by atoms with E-state index in [0.717, 1.165) is 0 Å². The summed E-state index contributed by atoms with van der Waals surface area (Å²) >= 11 is 0. The lowest BCUT2D eigenvalue weighted by Gasteiger charge is -2.10. The second kappa shape index (κ2) is 9.51. The fraction of sp³-hybridized carbons (Fsp3) is 0.263. The minimum Gasteiger partial charge on any atom is -0.493 e. The van der Waals surface area contributed by atoms with Crippen LogP contribution in [-0.4, -0.2) is 31.9 Å². The second-order valence-corrected chi connectivity index (χ2v) is 5.68. The highest BCUT2D eigenvalue weighted by molar-refractivity contribution is 5.95. The van der Waals surface area contributed by atoms with Gasteiger partial charge in [-0.1, -0.05) is 0 Å². The van der Waals surface area contributed by atoms with Crippen LogP contribution in [0.3, 0.4) is 0 Å². The molecule has 0 atom stereocenters. The Morgan fingerprint density at radius 2 is 1.78 bits per heavy atom. The Morgan fingerprint density at radius 1 is 1.07 bits per heavy atom. The molecular formula is C19H20F2N2O4. The highest BCUT2D eigenvalue weighted by atomic mass is 19.3. The summed E-state index contributed by atoms with van der Waals surface area (Å²) in [5.74, 6) is 0.318. The molecule has 27 heavy (non-hydrogen) atoms. The van der Waals surface area contributed by atoms with Crippen LogP contribution in [0.15, 0.2) is 47.6 Å². The zero-order valence-corrected chi connectivity index (χ0v) is 15.1. The molecule has 1 N–H and O–H groups in total. The maximum absolute atomic E-state index is 12.3. The molecule has 0 aliphatic heterocycles. The summed E-state index contributed by atoms with van der Waals surface area (Å²) < 4.78 is 39.5. The van der Waals surface area contributed by atoms with Gasteiger partial charge in [-0.25, -0.2) is 5.43 Å². The van der Waals surface area contributed by atoms with Gasteiger partial charge in [0.2, 0.25) is 0 Å². The van der Waals surface area contributed by atoms with E-state index in [0.29, 0.717) is 16.9 Å². The van der Waals surface area contributed by atoms with Crippen LogP contribution in [0, 0.1) is 0 Å². The number of rotatable bonds is 8. The summed E-state index contributed by atoms with van der Waals surface area (Å²) in [6, 6.07) is 11.0. The molecule has 0 fully saturated rings. The van der Waals surface area contributed by atoms with E-state index in [2.05, 4.69) is 15.3 Å². The van der Waals surface area contributed by atoms with Gasteiger partial charge in [-0.3, -0.25) is 4.79 Å². The number of benzene rings is 2. The average molecular weight is 378 g/mol. The van der Waals surface area contributed by atoms with Crippen molar-refractivity contribution in [1.82, 2.24) is 5.43 Å². The number of hydrazone groups is 1. The Labute approximate surface area is 155 Å². The van der Waals surface area contributed by atoms with Crippen molar-refractivity contribution in [2.45, 2.75) is 26.6 Å². The Kier molecular flexibility index (Phi) is 7.10. The van der Waals surface area contributed by atoms with E-state index in [1.807, 2.05) is 13.8 Å². The maximum Gasteiger partial charge on any atom is 0.387 e. The highest BCUT2D eigenvalue weighted by Gasteiger charge is 2.10. The fourth-order valence-electron chi connectivity index (χ4n) is 2.14. The Morgan fingerprint density at radius 3 is 2.37 bits per heavy atom. The van der Waals surface area contributed by atoms with Gasteiger partial charge in [0, 0.05) is 5.56 Å². The van der Waals surface area contributed by atoms with Gasteiger partial charge in [0.15, 0.2) is 11.5 Å². The van der Waals surface area contributed by atoms with Crippen LogP contribution in [0.1, 0.15) is 29.8 Å². The average Bonchev–Trinajstić information content (AvgIpc) is 2.62. The van der Waals surface area contributed by atoms with Gasteiger partial charge >= 0.3 is 6.61 Å². The second-order valence-electron chi connectivity index (χ2n) is 5.68. The molecule has 0 bridgehead atoms. The minimum atomic E-state index is -2.95. The normalized spacial score (nSPS) is 11.1. The first-order valence-corrected chi connectivity index (χ1v) is 8.12. The lowest BCUT2D eigenvalue weighted by atomic mass is 10.2. The van der Waals surface area contributed by atoms with Crippen LogP contribution in [0.5, 0.6) is 17.2 Å². The molecule has 0 aliphatic rings. The number of nitrogens with one attached hydrogen (secondary N) is 1. The Balaban J connectivity index is 1.99. The van der Waals surface area contributed by atoms with Crippen molar-refractivity contribution in [1.29, 1.82) is 0 Å². The standard InChI is InChI=1S/C19H20F2N2O4/c1-12(2)26-15-7-5-14(6-8-15)18(24)23-22-11-13-4-9-16(27-19(20)21)17(10-13)25-3/h4-12,19H,1-3H3,(H,23,24)/b22-11-. The van der Waals surface area contributed by atoms with Crippen LogP contribution < -0.4 is 19.6 Å². The van der Waals surface area contributed by atoms with Gasteiger partial charge in [-0.2, -0.15) is 13.9 Å². The summed E-state index contributed by atoms with van der Waals surface area (Å²) in [5.41, 5.74) is 3.34. The fourth-order valence-corrected chi connectivity index (χ4v) is 2.14. The SMILES string of the molecule is COc1cc(/C=N\NC(=O)c2ccc(OC(C)C)cc2)ccc1OC(F)F. The summed E-state index contributed by atoms with van der Waals surface area (Å²) in [7, 11) is 1.34. The van der Waals surface area contributed by atoms with E-state index in [9.17, 15) is 13.6 Å². The van der Waals surface area contributed by atoms with Crippen LogP contribution in [0.25, 0.3) is 0 Å². The van der Waals surface area contributed by atoms with Crippen LogP contribution in [-0.2, 0) is 0 Å². The minimum absolute atomic E-state index is 0.0451. The number of nitrogens with zero attached hydrogens (tertiary/aromatic N) is 1. The topological polar surface area (TPSA) is 69.2 Å². The molecule has 0 aromatic heterocycles. The maximum atomic E-state index is 12.3. The van der Waals surface area contributed by atoms with Crippen LogP contribution in [0.4, 0.5) is 8.78 Å². The van der Waals surface area contributed by atoms with Crippen molar-refractivity contribution in [3.63, 3.8) is 0 Å². The molecule has 1 amide bonds. The number of halogens is 2. The number of carbonyl (C=O) groups is 1. The first kappa shape index (κ1) is 20.2. The predicted octanol–water partition coefficient (Wildman–Crippen LogP) is 3.85. The largest absolute Gasteiger partial charge is 0.493 e. The molecule has 0 unspecified atom stereocenters. The highest BCUT2D eigenvalue weighted by Crippen LogP contribution is 2.28. The summed E-state index contributed by atoms with van der Waals surface area (Å²) in [5, 5.41) is 3.85. The summed E-state index contributed by atoms with van der Waals surface area (Å²) in [6.45, 7) is 0.877. The molecular weight excluding hydrogens is 358 g/mol. The van der Waals surface area contributed by atoms with Crippen LogP contribution >= 0.6 is 0 Å². The molecule has 0 saturated carbocycles. The number of ether oxygens (including phenoxy) is 3. The lowest BCUT2D eigenvalue weighted by Crippen LogP contribution is -2.17. The van der Waals surface area contributed by atoms with Gasteiger partial charge in [0.25, 0.3) is 5.91 Å². The van der Waals surface area contributed by atoms with Gasteiger partial charge in [-0.05, 0) is 61.9 Å². The molecule has 8 heteroatoms. The number of hydrogen-bond donors (Lipinski definition) is 1. The first-order chi connectivity index (χ1) is 12.9. The number of alkyl halides is 2. The van der Waals surface area contributed by atoms with Crippen molar-refractivity contribution >= 4 is 12.1 Å². The first-order valence-electron chi connectivity index (χ1n) is 8.12. The molecule has 0 saturated heterocycles. The van der Waals surface area contributed by atoms with E-state index in [1.165, 1.54) is 31.5 Å². The Bertz CT molecular complexity index is 793. The van der Waals surface area contributed by atoms with E-state index in [4.69, 9.17) is 9.47 Å². The van der Waals surface area contributed by atoms with Crippen molar-refractivity contribution in [3.8, 4) is 17.2 Å². The Hall–Kier alpha value is -3.16. The zero-order valence-electron chi connectivity index (χ0n) is 15.1. The molecule has 0 radical (unpaired) electrons. The third-order valence-corrected chi connectivity index (χ3v) is 3.27. The van der Waals surface area contributed by atoms with Crippen molar-refractivity contribution in [2.24, 2.45) is 5.10 Å². The number of methoxy groups -OCH3 is 1. The van der Waals surface area contributed by atoms with Gasteiger partial charge in [-0.15, -0.1) is 0 Å². The molecule has 2 aromatic carbocycles. The van der Waals surface area contributed by atoms with Gasteiger partial charge in [0.05, 0.1) is 19.4 Å². The summed E-state index contributed by atoms with van der Waals surface area (Å²) in [6.07, 6.45) is 1.41. The van der Waals surface area contributed by atoms with Gasteiger partial charge in [0.1, 0.15) is 5.75 Å². The van der Waals surface area contributed by atoms with Gasteiger partial charge < -0.3 is 14.2 Å². The lowest BCUT2D eigenvalue weighted by molar-refractivity contribution is -0.0512. The molecule has 144 valence electrons. The molecule has 6 nitrogen and oxygen atoms in total. The number of carbonyl (C=O) groups excluding carboxylic acids is 1. The zero-order chi connectivity index (χ0) is 19.8. The third-order valence-electron chi connectivity index (χ3n) is 3.27. The summed E-state index contributed by atoms with van der Waals surface area (Å²) in [4.78, 5) is 12.1. The third kappa shape index (κ3) is 6.25. The van der Waals surface area contributed by atoms with E-state index >= 15 is 0 Å². The molecule has 2 rings (SSSR count). The number of amides is 1. The number of hydrogen-bond acceptors (Lipinski definition) is 5. The quantitative estimate of drug-likeness (QED) is 0.560. The van der Waals surface area contributed by atoms with Crippen molar-refractivity contribution < 1.29 is 27.8 Å². The molecule has 0 heterocycles. The molecule has 2 aromatic rings.